The molecule has 3 aromatic heterocycles. The van der Waals surface area contributed by atoms with Gasteiger partial charge in [-0.2, -0.15) is 9.61 Å². The molecule has 0 aliphatic carbocycles. The average Bonchev–Trinajstić information content (AvgIpc) is 3.20. The Hall–Kier alpha value is -3.41. The standard InChI is InChI=1S/C25H27N5O/c1-18-21(13-12-19-9-8-14-26-17-19)25(31)30-24(27-18)23(29-15-6-3-7-16-29)22(28-30)20-10-4-2-5-11-20/h2,4-5,8-11,14,17,27H,3,6-7,12-13,15-16H2,1H3. The molecule has 0 spiro atoms. The van der Waals surface area contributed by atoms with Gasteiger partial charge in [-0.1, -0.05) is 36.4 Å². The minimum absolute atomic E-state index is 0.0319. The Balaban J connectivity index is 1.63. The lowest BCUT2D eigenvalue weighted by Gasteiger charge is -2.28. The van der Waals surface area contributed by atoms with Crippen LogP contribution in [0.1, 0.15) is 36.1 Å². The Labute approximate surface area is 181 Å². The lowest BCUT2D eigenvalue weighted by atomic mass is 10.1. The minimum atomic E-state index is -0.0319. The molecule has 1 saturated heterocycles. The van der Waals surface area contributed by atoms with Crippen molar-refractivity contribution < 1.29 is 0 Å². The molecular formula is C25H27N5O. The first kappa shape index (κ1) is 19.5. The monoisotopic (exact) mass is 413 g/mol. The molecule has 5 rings (SSSR count). The zero-order valence-corrected chi connectivity index (χ0v) is 17.8. The first-order valence-corrected chi connectivity index (χ1v) is 11.1. The number of fused-ring (bicyclic) bond motifs is 1. The highest BCUT2D eigenvalue weighted by Crippen LogP contribution is 2.34. The van der Waals surface area contributed by atoms with E-state index in [-0.39, 0.29) is 5.56 Å². The third-order valence-corrected chi connectivity index (χ3v) is 6.18. The normalized spacial score (nSPS) is 14.3. The van der Waals surface area contributed by atoms with Crippen molar-refractivity contribution in [3.05, 3.63) is 82.0 Å². The summed E-state index contributed by atoms with van der Waals surface area (Å²) < 4.78 is 1.58. The molecule has 158 valence electrons. The summed E-state index contributed by atoms with van der Waals surface area (Å²) in [5.74, 6) is 0. The number of rotatable bonds is 5. The molecule has 6 nitrogen and oxygen atoms in total. The largest absolute Gasteiger partial charge is 0.367 e. The lowest BCUT2D eigenvalue weighted by molar-refractivity contribution is 0.579. The van der Waals surface area contributed by atoms with E-state index in [1.807, 2.05) is 43.5 Å². The summed E-state index contributed by atoms with van der Waals surface area (Å²) >= 11 is 0. The molecule has 1 fully saturated rings. The van der Waals surface area contributed by atoms with Gasteiger partial charge in [0.05, 0.1) is 0 Å². The number of aryl methyl sites for hydroxylation is 2. The average molecular weight is 414 g/mol. The maximum atomic E-state index is 13.5. The Morgan fingerprint density at radius 3 is 2.55 bits per heavy atom. The Morgan fingerprint density at radius 2 is 1.81 bits per heavy atom. The van der Waals surface area contributed by atoms with Crippen molar-refractivity contribution in [2.45, 2.75) is 39.0 Å². The van der Waals surface area contributed by atoms with Gasteiger partial charge < -0.3 is 9.88 Å². The minimum Gasteiger partial charge on any atom is -0.367 e. The van der Waals surface area contributed by atoms with Gasteiger partial charge in [0.2, 0.25) is 0 Å². The van der Waals surface area contributed by atoms with Crippen molar-refractivity contribution in [1.82, 2.24) is 19.6 Å². The van der Waals surface area contributed by atoms with Gasteiger partial charge in [-0.3, -0.25) is 9.78 Å². The third kappa shape index (κ3) is 3.74. The van der Waals surface area contributed by atoms with E-state index in [0.717, 1.165) is 71.8 Å². The molecule has 1 aliphatic heterocycles. The Bertz CT molecular complexity index is 1240. The SMILES string of the molecule is Cc1[nH]c2c(N3CCCCC3)c(-c3ccccc3)nn2c(=O)c1CCc1cccnc1. The van der Waals surface area contributed by atoms with Crippen LogP contribution in [0.25, 0.3) is 16.9 Å². The molecule has 1 aromatic carbocycles. The number of piperidine rings is 1. The molecule has 0 amide bonds. The number of aromatic nitrogens is 4. The molecule has 31 heavy (non-hydrogen) atoms. The van der Waals surface area contributed by atoms with E-state index in [1.165, 1.54) is 6.42 Å². The van der Waals surface area contributed by atoms with Gasteiger partial charge in [-0.05, 0) is 50.7 Å². The molecule has 4 heterocycles. The number of nitrogens with one attached hydrogen (secondary N) is 1. The van der Waals surface area contributed by atoms with E-state index in [2.05, 4.69) is 27.0 Å². The van der Waals surface area contributed by atoms with E-state index in [4.69, 9.17) is 5.10 Å². The van der Waals surface area contributed by atoms with Crippen molar-refractivity contribution in [2.75, 3.05) is 18.0 Å². The van der Waals surface area contributed by atoms with Gasteiger partial charge in [-0.15, -0.1) is 0 Å². The van der Waals surface area contributed by atoms with Crippen molar-refractivity contribution in [3.8, 4) is 11.3 Å². The van der Waals surface area contributed by atoms with Crippen LogP contribution in [0.15, 0.2) is 59.7 Å². The molecule has 0 radical (unpaired) electrons. The molecule has 0 saturated carbocycles. The topological polar surface area (TPSA) is 66.3 Å². The fourth-order valence-electron chi connectivity index (χ4n) is 4.53. The van der Waals surface area contributed by atoms with E-state index >= 15 is 0 Å². The first-order chi connectivity index (χ1) is 15.2. The molecule has 4 aromatic rings. The predicted octanol–water partition coefficient (Wildman–Crippen LogP) is 4.17. The quantitative estimate of drug-likeness (QED) is 0.533. The summed E-state index contributed by atoms with van der Waals surface area (Å²) in [5.41, 5.74) is 6.55. The number of pyridine rings is 1. The summed E-state index contributed by atoms with van der Waals surface area (Å²) in [6, 6.07) is 14.2. The van der Waals surface area contributed by atoms with Crippen molar-refractivity contribution in [3.63, 3.8) is 0 Å². The van der Waals surface area contributed by atoms with Crippen LogP contribution in [0.4, 0.5) is 5.69 Å². The van der Waals surface area contributed by atoms with Gasteiger partial charge in [0, 0.05) is 42.3 Å². The van der Waals surface area contributed by atoms with Crippen LogP contribution in [0.2, 0.25) is 0 Å². The van der Waals surface area contributed by atoms with E-state index in [9.17, 15) is 4.79 Å². The van der Waals surface area contributed by atoms with Gasteiger partial charge >= 0.3 is 0 Å². The van der Waals surface area contributed by atoms with Gasteiger partial charge in [0.1, 0.15) is 11.4 Å². The molecular weight excluding hydrogens is 386 g/mol. The second-order valence-corrected chi connectivity index (χ2v) is 8.27. The number of benzene rings is 1. The van der Waals surface area contributed by atoms with Crippen LogP contribution >= 0.6 is 0 Å². The second-order valence-electron chi connectivity index (χ2n) is 8.27. The number of hydrogen-bond donors (Lipinski definition) is 1. The van der Waals surface area contributed by atoms with Gasteiger partial charge in [0.15, 0.2) is 5.65 Å². The summed E-state index contributed by atoms with van der Waals surface area (Å²) in [6.45, 7) is 3.98. The fraction of sp³-hybridized carbons (Fsp3) is 0.320. The fourth-order valence-corrected chi connectivity index (χ4v) is 4.53. The van der Waals surface area contributed by atoms with Gasteiger partial charge in [0.25, 0.3) is 5.56 Å². The zero-order chi connectivity index (χ0) is 21.2. The molecule has 1 aliphatic rings. The van der Waals surface area contributed by atoms with Crippen molar-refractivity contribution >= 4 is 11.3 Å². The smallest absolute Gasteiger partial charge is 0.277 e. The zero-order valence-electron chi connectivity index (χ0n) is 17.8. The van der Waals surface area contributed by atoms with E-state index in [1.54, 1.807) is 10.7 Å². The van der Waals surface area contributed by atoms with E-state index in [0.29, 0.717) is 6.42 Å². The third-order valence-electron chi connectivity index (χ3n) is 6.18. The molecule has 6 heteroatoms. The summed E-state index contributed by atoms with van der Waals surface area (Å²) in [6.07, 6.45) is 8.64. The summed E-state index contributed by atoms with van der Waals surface area (Å²) in [5, 5.41) is 4.83. The van der Waals surface area contributed by atoms with Crippen LogP contribution in [-0.2, 0) is 12.8 Å². The number of nitrogens with zero attached hydrogens (tertiary/aromatic N) is 4. The maximum absolute atomic E-state index is 13.5. The number of anilines is 1. The van der Waals surface area contributed by atoms with Crippen molar-refractivity contribution in [2.24, 2.45) is 0 Å². The van der Waals surface area contributed by atoms with Crippen LogP contribution in [0.3, 0.4) is 0 Å². The first-order valence-electron chi connectivity index (χ1n) is 11.1. The Kier molecular flexibility index (Phi) is 5.28. The highest BCUT2D eigenvalue weighted by atomic mass is 16.1. The van der Waals surface area contributed by atoms with E-state index < -0.39 is 0 Å². The molecule has 0 unspecified atom stereocenters. The highest BCUT2D eigenvalue weighted by Gasteiger charge is 2.24. The van der Waals surface area contributed by atoms with Crippen LogP contribution < -0.4 is 10.5 Å². The molecule has 0 atom stereocenters. The Morgan fingerprint density at radius 1 is 1.00 bits per heavy atom. The summed E-state index contributed by atoms with van der Waals surface area (Å²) in [7, 11) is 0. The predicted molar refractivity (Wildman–Crippen MR) is 124 cm³/mol. The number of aromatic amines is 1. The lowest BCUT2D eigenvalue weighted by Crippen LogP contribution is -2.30. The molecule has 0 bridgehead atoms. The summed E-state index contributed by atoms with van der Waals surface area (Å²) in [4.78, 5) is 23.6. The van der Waals surface area contributed by atoms with Crippen LogP contribution in [0.5, 0.6) is 0 Å². The number of hydrogen-bond acceptors (Lipinski definition) is 4. The second kappa shape index (κ2) is 8.38. The van der Waals surface area contributed by atoms with Gasteiger partial charge in [-0.25, -0.2) is 0 Å². The number of H-pyrrole nitrogens is 1. The molecule has 1 N–H and O–H groups in total. The van der Waals surface area contributed by atoms with Crippen LogP contribution in [0, 0.1) is 6.92 Å². The maximum Gasteiger partial charge on any atom is 0.277 e. The highest BCUT2D eigenvalue weighted by molar-refractivity contribution is 5.86. The van der Waals surface area contributed by atoms with Crippen molar-refractivity contribution in [1.29, 1.82) is 0 Å². The van der Waals surface area contributed by atoms with Crippen LogP contribution in [-0.4, -0.2) is 32.7 Å².